The lowest BCUT2D eigenvalue weighted by atomic mass is 10.2. The van der Waals surface area contributed by atoms with Gasteiger partial charge in [0.15, 0.2) is 0 Å². The van der Waals surface area contributed by atoms with Crippen molar-refractivity contribution in [3.05, 3.63) is 51.5 Å². The molecular formula is C14H14ClN3O3. The molecular weight excluding hydrogens is 294 g/mol. The third-order valence-electron chi connectivity index (χ3n) is 2.86. The Hall–Kier alpha value is -2.47. The topological polar surface area (TPSA) is 76.4 Å². The highest BCUT2D eigenvalue weighted by molar-refractivity contribution is 6.31. The van der Waals surface area contributed by atoms with Crippen LogP contribution in [0.5, 0.6) is 5.75 Å². The number of nitrogens with zero attached hydrogens (tertiary/aromatic N) is 1. The standard InChI is InChI=1S/C14H14ClN3O3/c1-16-10-6-11(8-12(7-10)18(19)20)17-13-5-9(15)3-4-14(13)21-2/h3-8,16-17H,1-2H3. The summed E-state index contributed by atoms with van der Waals surface area (Å²) in [5.41, 5.74) is 1.82. The lowest BCUT2D eigenvalue weighted by Gasteiger charge is -2.12. The monoisotopic (exact) mass is 307 g/mol. The van der Waals surface area contributed by atoms with Crippen molar-refractivity contribution in [1.82, 2.24) is 0 Å². The average molecular weight is 308 g/mol. The smallest absolute Gasteiger partial charge is 0.273 e. The van der Waals surface area contributed by atoms with E-state index in [0.29, 0.717) is 27.8 Å². The minimum Gasteiger partial charge on any atom is -0.495 e. The Morgan fingerprint density at radius 1 is 1.19 bits per heavy atom. The molecule has 7 heteroatoms. The Balaban J connectivity index is 2.41. The molecule has 0 aromatic heterocycles. The maximum atomic E-state index is 11.0. The van der Waals surface area contributed by atoms with Crippen LogP contribution in [0.3, 0.4) is 0 Å². The summed E-state index contributed by atoms with van der Waals surface area (Å²) < 4.78 is 5.24. The molecule has 21 heavy (non-hydrogen) atoms. The summed E-state index contributed by atoms with van der Waals surface area (Å²) in [6, 6.07) is 9.78. The molecule has 6 nitrogen and oxygen atoms in total. The van der Waals surface area contributed by atoms with Gasteiger partial charge < -0.3 is 15.4 Å². The number of non-ortho nitro benzene ring substituents is 1. The van der Waals surface area contributed by atoms with Crippen molar-refractivity contribution < 1.29 is 9.66 Å². The predicted molar refractivity (Wildman–Crippen MR) is 83.9 cm³/mol. The van der Waals surface area contributed by atoms with E-state index in [-0.39, 0.29) is 5.69 Å². The van der Waals surface area contributed by atoms with Gasteiger partial charge in [0.05, 0.1) is 17.7 Å². The quantitative estimate of drug-likeness (QED) is 0.644. The van der Waals surface area contributed by atoms with Gasteiger partial charge in [0.2, 0.25) is 0 Å². The van der Waals surface area contributed by atoms with E-state index in [1.165, 1.54) is 12.1 Å². The molecule has 2 aromatic carbocycles. The van der Waals surface area contributed by atoms with E-state index in [4.69, 9.17) is 16.3 Å². The van der Waals surface area contributed by atoms with Crippen LogP contribution in [0, 0.1) is 10.1 Å². The van der Waals surface area contributed by atoms with E-state index in [0.717, 1.165) is 0 Å². The highest BCUT2D eigenvalue weighted by atomic mass is 35.5. The number of hydrogen-bond donors (Lipinski definition) is 2. The minimum atomic E-state index is -0.443. The van der Waals surface area contributed by atoms with Crippen LogP contribution < -0.4 is 15.4 Å². The molecule has 0 fully saturated rings. The number of rotatable bonds is 5. The summed E-state index contributed by atoms with van der Waals surface area (Å²) in [5.74, 6) is 0.594. The molecule has 0 aliphatic carbocycles. The third kappa shape index (κ3) is 3.55. The van der Waals surface area contributed by atoms with E-state index in [1.807, 2.05) is 0 Å². The number of benzene rings is 2. The number of hydrogen-bond acceptors (Lipinski definition) is 5. The van der Waals surface area contributed by atoms with E-state index < -0.39 is 4.92 Å². The Labute approximate surface area is 126 Å². The Kier molecular flexibility index (Phi) is 4.49. The second-order valence-electron chi connectivity index (χ2n) is 4.25. The van der Waals surface area contributed by atoms with Gasteiger partial charge in [-0.05, 0) is 24.3 Å². The van der Waals surface area contributed by atoms with Gasteiger partial charge in [-0.1, -0.05) is 11.6 Å². The molecule has 0 unspecified atom stereocenters. The van der Waals surface area contributed by atoms with Crippen LogP contribution in [-0.4, -0.2) is 19.1 Å². The molecule has 0 bridgehead atoms. The van der Waals surface area contributed by atoms with Crippen molar-refractivity contribution in [3.63, 3.8) is 0 Å². The van der Waals surface area contributed by atoms with Crippen LogP contribution in [0.25, 0.3) is 0 Å². The molecule has 0 saturated heterocycles. The lowest BCUT2D eigenvalue weighted by Crippen LogP contribution is -1.98. The van der Waals surface area contributed by atoms with Crippen LogP contribution in [-0.2, 0) is 0 Å². The fourth-order valence-electron chi connectivity index (χ4n) is 1.87. The number of nitro benzene ring substituents is 1. The highest BCUT2D eigenvalue weighted by Gasteiger charge is 2.11. The summed E-state index contributed by atoms with van der Waals surface area (Å²) in [6.07, 6.45) is 0. The molecule has 0 radical (unpaired) electrons. The normalized spacial score (nSPS) is 10.0. The van der Waals surface area contributed by atoms with Crippen molar-refractivity contribution >= 4 is 34.4 Å². The van der Waals surface area contributed by atoms with Gasteiger partial charge in [-0.15, -0.1) is 0 Å². The zero-order valence-corrected chi connectivity index (χ0v) is 12.3. The van der Waals surface area contributed by atoms with E-state index in [9.17, 15) is 10.1 Å². The molecule has 0 spiro atoms. The largest absolute Gasteiger partial charge is 0.495 e. The van der Waals surface area contributed by atoms with Crippen molar-refractivity contribution in [1.29, 1.82) is 0 Å². The van der Waals surface area contributed by atoms with E-state index in [2.05, 4.69) is 10.6 Å². The number of halogens is 1. The summed E-state index contributed by atoms with van der Waals surface area (Å²) in [6.45, 7) is 0. The first-order valence-corrected chi connectivity index (χ1v) is 6.49. The first kappa shape index (κ1) is 14.9. The lowest BCUT2D eigenvalue weighted by molar-refractivity contribution is -0.384. The van der Waals surface area contributed by atoms with Crippen molar-refractivity contribution in [2.24, 2.45) is 0 Å². The van der Waals surface area contributed by atoms with E-state index >= 15 is 0 Å². The SMILES string of the molecule is CNc1cc(Nc2cc(Cl)ccc2OC)cc([N+](=O)[O-])c1. The molecule has 2 N–H and O–H groups in total. The van der Waals surface area contributed by atoms with Gasteiger partial charge in [0.25, 0.3) is 5.69 Å². The number of nitro groups is 1. The number of ether oxygens (including phenoxy) is 1. The van der Waals surface area contributed by atoms with Gasteiger partial charge in [-0.2, -0.15) is 0 Å². The molecule has 2 aromatic rings. The van der Waals surface area contributed by atoms with Gasteiger partial charge >= 0.3 is 0 Å². The number of nitrogens with one attached hydrogen (secondary N) is 2. The van der Waals surface area contributed by atoms with Gasteiger partial charge in [-0.3, -0.25) is 10.1 Å². The molecule has 2 rings (SSSR count). The molecule has 0 atom stereocenters. The second kappa shape index (κ2) is 6.32. The molecule has 0 aliphatic rings. The Morgan fingerprint density at radius 3 is 2.52 bits per heavy atom. The number of anilines is 3. The van der Waals surface area contributed by atoms with Gasteiger partial charge in [0, 0.05) is 35.6 Å². The molecule has 110 valence electrons. The first-order chi connectivity index (χ1) is 10.0. The van der Waals surface area contributed by atoms with Gasteiger partial charge in [-0.25, -0.2) is 0 Å². The molecule has 0 aliphatic heterocycles. The second-order valence-corrected chi connectivity index (χ2v) is 4.68. The first-order valence-electron chi connectivity index (χ1n) is 6.11. The Bertz CT molecular complexity index is 677. The zero-order chi connectivity index (χ0) is 15.4. The minimum absolute atomic E-state index is 0.00894. The van der Waals surface area contributed by atoms with Crippen molar-refractivity contribution in [2.45, 2.75) is 0 Å². The van der Waals surface area contributed by atoms with E-state index in [1.54, 1.807) is 38.4 Å². The van der Waals surface area contributed by atoms with Crippen LogP contribution in [0.15, 0.2) is 36.4 Å². The maximum absolute atomic E-state index is 11.0. The molecule has 0 heterocycles. The Morgan fingerprint density at radius 2 is 1.90 bits per heavy atom. The highest BCUT2D eigenvalue weighted by Crippen LogP contribution is 2.32. The van der Waals surface area contributed by atoms with Crippen molar-refractivity contribution in [3.8, 4) is 5.75 Å². The zero-order valence-electron chi connectivity index (χ0n) is 11.5. The van der Waals surface area contributed by atoms with Crippen LogP contribution >= 0.6 is 11.6 Å². The molecule has 0 amide bonds. The van der Waals surface area contributed by atoms with Crippen LogP contribution in [0.2, 0.25) is 5.02 Å². The maximum Gasteiger partial charge on any atom is 0.273 e. The third-order valence-corrected chi connectivity index (χ3v) is 3.09. The summed E-state index contributed by atoms with van der Waals surface area (Å²) in [5, 5.41) is 17.5. The van der Waals surface area contributed by atoms with Crippen LogP contribution in [0.1, 0.15) is 0 Å². The van der Waals surface area contributed by atoms with Gasteiger partial charge in [0.1, 0.15) is 5.75 Å². The van der Waals surface area contributed by atoms with Crippen LogP contribution in [0.4, 0.5) is 22.7 Å². The number of methoxy groups -OCH3 is 1. The van der Waals surface area contributed by atoms with Crippen molar-refractivity contribution in [2.75, 3.05) is 24.8 Å². The molecule has 0 saturated carbocycles. The summed E-state index contributed by atoms with van der Waals surface area (Å²) in [7, 11) is 3.24. The summed E-state index contributed by atoms with van der Waals surface area (Å²) >= 11 is 5.96. The fraction of sp³-hybridized carbons (Fsp3) is 0.143. The predicted octanol–water partition coefficient (Wildman–Crippen LogP) is 4.04. The summed E-state index contributed by atoms with van der Waals surface area (Å²) in [4.78, 5) is 10.5. The average Bonchev–Trinajstić information content (AvgIpc) is 2.47. The fourth-order valence-corrected chi connectivity index (χ4v) is 2.04.